The number of nitrogens with zero attached hydrogens (tertiary/aromatic N) is 1. The van der Waals surface area contributed by atoms with Gasteiger partial charge < -0.3 is 19.7 Å². The van der Waals surface area contributed by atoms with E-state index in [2.05, 4.69) is 10.2 Å². The van der Waals surface area contributed by atoms with Crippen molar-refractivity contribution in [1.29, 1.82) is 0 Å². The number of hydrogen-bond acceptors (Lipinski definition) is 4. The van der Waals surface area contributed by atoms with Crippen LogP contribution in [0.2, 0.25) is 0 Å². The van der Waals surface area contributed by atoms with Crippen molar-refractivity contribution in [3.63, 3.8) is 0 Å². The quantitative estimate of drug-likeness (QED) is 0.865. The number of halogens is 1. The summed E-state index contributed by atoms with van der Waals surface area (Å²) < 4.78 is 10.8. The molecule has 110 valence electrons. The van der Waals surface area contributed by atoms with E-state index in [1.807, 2.05) is 18.2 Å². The average molecular weight is 299 g/mol. The predicted molar refractivity (Wildman–Crippen MR) is 80.0 cm³/mol. The maximum absolute atomic E-state index is 11.6. The molecule has 1 N–H and O–H groups in total. The van der Waals surface area contributed by atoms with Crippen molar-refractivity contribution in [2.75, 3.05) is 43.6 Å². The first-order valence-corrected chi connectivity index (χ1v) is 7.01. The molecule has 0 radical (unpaired) electrons. The molecule has 0 aliphatic carbocycles. The van der Waals surface area contributed by atoms with Crippen molar-refractivity contribution in [3.8, 4) is 5.75 Å². The van der Waals surface area contributed by atoms with Crippen LogP contribution in [0.5, 0.6) is 5.75 Å². The second-order valence-corrected chi connectivity index (χ2v) is 5.25. The molecule has 0 bridgehead atoms. The Balaban J connectivity index is 2.16. The van der Waals surface area contributed by atoms with E-state index in [1.165, 1.54) is 0 Å². The Morgan fingerprint density at radius 1 is 1.45 bits per heavy atom. The largest absolute Gasteiger partial charge is 0.495 e. The first-order valence-electron chi connectivity index (χ1n) is 6.57. The zero-order valence-electron chi connectivity index (χ0n) is 11.7. The fourth-order valence-corrected chi connectivity index (χ4v) is 2.12. The molecule has 0 aromatic heterocycles. The number of nitrogens with one attached hydrogen (secondary N) is 1. The minimum Gasteiger partial charge on any atom is -0.495 e. The molecule has 1 aromatic carbocycles. The van der Waals surface area contributed by atoms with Crippen LogP contribution in [0.3, 0.4) is 0 Å². The SMILES string of the molecule is COc1cc(NC(=O)C(C)Cl)ccc1N1CCOCC1. The fourth-order valence-electron chi connectivity index (χ4n) is 2.06. The van der Waals surface area contributed by atoms with Gasteiger partial charge in [0.1, 0.15) is 11.1 Å². The molecule has 1 atom stereocenters. The summed E-state index contributed by atoms with van der Waals surface area (Å²) in [5.74, 6) is 0.500. The molecule has 1 aliphatic rings. The average Bonchev–Trinajstić information content (AvgIpc) is 2.47. The number of rotatable bonds is 4. The summed E-state index contributed by atoms with van der Waals surface area (Å²) in [5, 5.41) is 2.18. The number of morpholine rings is 1. The Morgan fingerprint density at radius 3 is 2.75 bits per heavy atom. The molecule has 1 unspecified atom stereocenters. The van der Waals surface area contributed by atoms with Crippen molar-refractivity contribution >= 4 is 28.9 Å². The van der Waals surface area contributed by atoms with Crippen LogP contribution in [-0.4, -0.2) is 44.7 Å². The number of benzene rings is 1. The molecule has 20 heavy (non-hydrogen) atoms. The van der Waals surface area contributed by atoms with Gasteiger partial charge in [-0.3, -0.25) is 4.79 Å². The number of hydrogen-bond donors (Lipinski definition) is 1. The van der Waals surface area contributed by atoms with Crippen molar-refractivity contribution in [2.24, 2.45) is 0 Å². The van der Waals surface area contributed by atoms with Gasteiger partial charge in [-0.1, -0.05) is 0 Å². The molecule has 1 heterocycles. The van der Waals surface area contributed by atoms with Crippen molar-refractivity contribution < 1.29 is 14.3 Å². The van der Waals surface area contributed by atoms with Gasteiger partial charge in [0.25, 0.3) is 0 Å². The lowest BCUT2D eigenvalue weighted by Crippen LogP contribution is -2.36. The molecule has 1 aromatic rings. The third kappa shape index (κ3) is 3.55. The normalized spacial score (nSPS) is 16.6. The minimum absolute atomic E-state index is 0.229. The minimum atomic E-state index is -0.570. The number of ether oxygens (including phenoxy) is 2. The second kappa shape index (κ2) is 6.81. The Labute approximate surface area is 123 Å². The van der Waals surface area contributed by atoms with E-state index < -0.39 is 5.38 Å². The molecule has 1 amide bonds. The molecular weight excluding hydrogens is 280 g/mol. The van der Waals surface area contributed by atoms with E-state index >= 15 is 0 Å². The van der Waals surface area contributed by atoms with Gasteiger partial charge in [-0.2, -0.15) is 0 Å². The molecule has 5 nitrogen and oxygen atoms in total. The molecular formula is C14H19ClN2O3. The third-order valence-electron chi connectivity index (χ3n) is 3.16. The van der Waals surface area contributed by atoms with Gasteiger partial charge in [0, 0.05) is 24.8 Å². The van der Waals surface area contributed by atoms with Crippen molar-refractivity contribution in [1.82, 2.24) is 0 Å². The molecule has 1 aliphatic heterocycles. The van der Waals surface area contributed by atoms with E-state index in [4.69, 9.17) is 21.1 Å². The summed E-state index contributed by atoms with van der Waals surface area (Å²) in [6, 6.07) is 5.60. The van der Waals surface area contributed by atoms with Crippen molar-refractivity contribution in [2.45, 2.75) is 12.3 Å². The summed E-state index contributed by atoms with van der Waals surface area (Å²) in [7, 11) is 1.62. The topological polar surface area (TPSA) is 50.8 Å². The smallest absolute Gasteiger partial charge is 0.242 e. The maximum Gasteiger partial charge on any atom is 0.242 e. The highest BCUT2D eigenvalue weighted by molar-refractivity contribution is 6.32. The van der Waals surface area contributed by atoms with Crippen LogP contribution in [0.1, 0.15) is 6.92 Å². The van der Waals surface area contributed by atoms with Gasteiger partial charge in [-0.25, -0.2) is 0 Å². The van der Waals surface area contributed by atoms with Crippen LogP contribution in [0.15, 0.2) is 18.2 Å². The number of anilines is 2. The molecule has 1 saturated heterocycles. The van der Waals surface area contributed by atoms with E-state index in [9.17, 15) is 4.79 Å². The molecule has 1 fully saturated rings. The molecule has 2 rings (SSSR count). The molecule has 0 spiro atoms. The lowest BCUT2D eigenvalue weighted by molar-refractivity contribution is -0.115. The van der Waals surface area contributed by atoms with Crippen LogP contribution >= 0.6 is 11.6 Å². The van der Waals surface area contributed by atoms with Crippen LogP contribution < -0.4 is 15.0 Å². The summed E-state index contributed by atoms with van der Waals surface area (Å²) >= 11 is 5.74. The third-order valence-corrected chi connectivity index (χ3v) is 3.36. The summed E-state index contributed by atoms with van der Waals surface area (Å²) in [6.07, 6.45) is 0. The standard InChI is InChI=1S/C14H19ClN2O3/c1-10(15)14(18)16-11-3-4-12(13(9-11)19-2)17-5-7-20-8-6-17/h3-4,9-10H,5-8H2,1-2H3,(H,16,18). The van der Waals surface area contributed by atoms with E-state index in [1.54, 1.807) is 14.0 Å². The maximum atomic E-state index is 11.6. The highest BCUT2D eigenvalue weighted by Crippen LogP contribution is 2.31. The van der Waals surface area contributed by atoms with Crippen LogP contribution in [0.25, 0.3) is 0 Å². The first-order chi connectivity index (χ1) is 9.61. The van der Waals surface area contributed by atoms with E-state index in [0.29, 0.717) is 18.9 Å². The van der Waals surface area contributed by atoms with Crippen LogP contribution in [0, 0.1) is 0 Å². The number of methoxy groups -OCH3 is 1. The molecule has 6 heteroatoms. The zero-order valence-corrected chi connectivity index (χ0v) is 12.4. The van der Waals surface area contributed by atoms with Gasteiger partial charge in [0.05, 0.1) is 26.0 Å². The van der Waals surface area contributed by atoms with Gasteiger partial charge in [0.2, 0.25) is 5.91 Å². The van der Waals surface area contributed by atoms with E-state index in [0.717, 1.165) is 24.5 Å². The zero-order chi connectivity index (χ0) is 14.5. The predicted octanol–water partition coefficient (Wildman–Crippen LogP) is 2.10. The summed E-state index contributed by atoms with van der Waals surface area (Å²) in [6.45, 7) is 4.73. The Hall–Kier alpha value is -1.46. The highest BCUT2D eigenvalue weighted by atomic mass is 35.5. The van der Waals surface area contributed by atoms with Crippen LogP contribution in [-0.2, 0) is 9.53 Å². The van der Waals surface area contributed by atoms with Gasteiger partial charge in [-0.15, -0.1) is 11.6 Å². The lowest BCUT2D eigenvalue weighted by atomic mass is 10.2. The van der Waals surface area contributed by atoms with Gasteiger partial charge in [0.15, 0.2) is 0 Å². The number of amides is 1. The second-order valence-electron chi connectivity index (χ2n) is 4.59. The Kier molecular flexibility index (Phi) is 5.09. The van der Waals surface area contributed by atoms with Gasteiger partial charge >= 0.3 is 0 Å². The number of alkyl halides is 1. The lowest BCUT2D eigenvalue weighted by Gasteiger charge is -2.30. The summed E-state index contributed by atoms with van der Waals surface area (Å²) in [4.78, 5) is 13.8. The molecule has 0 saturated carbocycles. The van der Waals surface area contributed by atoms with Crippen LogP contribution in [0.4, 0.5) is 11.4 Å². The fraction of sp³-hybridized carbons (Fsp3) is 0.500. The Morgan fingerprint density at radius 2 is 2.15 bits per heavy atom. The highest BCUT2D eigenvalue weighted by Gasteiger charge is 2.16. The Bertz CT molecular complexity index is 473. The van der Waals surface area contributed by atoms with Gasteiger partial charge in [-0.05, 0) is 19.1 Å². The number of carbonyl (C=O) groups excluding carboxylic acids is 1. The van der Waals surface area contributed by atoms with Crippen molar-refractivity contribution in [3.05, 3.63) is 18.2 Å². The summed E-state index contributed by atoms with van der Waals surface area (Å²) in [5.41, 5.74) is 1.68. The monoisotopic (exact) mass is 298 g/mol. The van der Waals surface area contributed by atoms with E-state index in [-0.39, 0.29) is 5.91 Å². The first kappa shape index (κ1) is 14.9. The number of carbonyl (C=O) groups is 1.